The fraction of sp³-hybridized carbons (Fsp3) is 0.444. The van der Waals surface area contributed by atoms with Gasteiger partial charge in [0, 0.05) is 25.9 Å². The Balaban J connectivity index is 1.68. The minimum Gasteiger partial charge on any atom is -0.467 e. The molecule has 2 rings (SSSR count). The highest BCUT2D eigenvalue weighted by Gasteiger charge is 2.01. The predicted molar refractivity (Wildman–Crippen MR) is 94.8 cm³/mol. The van der Waals surface area contributed by atoms with E-state index < -0.39 is 0 Å². The van der Waals surface area contributed by atoms with Crippen molar-refractivity contribution in [1.29, 1.82) is 0 Å². The molecule has 0 amide bonds. The normalized spacial score (nSPS) is 11.5. The first-order valence-electron chi connectivity index (χ1n) is 8.32. The van der Waals surface area contributed by atoms with Crippen molar-refractivity contribution in [1.82, 2.24) is 15.6 Å². The van der Waals surface area contributed by atoms with Gasteiger partial charge >= 0.3 is 0 Å². The third-order valence-electron chi connectivity index (χ3n) is 3.43. The van der Waals surface area contributed by atoms with Gasteiger partial charge in [-0.25, -0.2) is 4.99 Å². The number of nitrogens with one attached hydrogen (secondary N) is 2. The Labute approximate surface area is 143 Å². The first-order valence-corrected chi connectivity index (χ1v) is 8.32. The second kappa shape index (κ2) is 10.4. The molecule has 2 N–H and O–H groups in total. The predicted octanol–water partition coefficient (Wildman–Crippen LogP) is 2.65. The summed E-state index contributed by atoms with van der Waals surface area (Å²) in [6, 6.07) is 7.76. The van der Waals surface area contributed by atoms with Crippen LogP contribution in [0.3, 0.4) is 0 Å². The van der Waals surface area contributed by atoms with Gasteiger partial charge in [-0.2, -0.15) is 0 Å². The van der Waals surface area contributed by atoms with Crippen molar-refractivity contribution in [3.05, 3.63) is 53.7 Å². The van der Waals surface area contributed by atoms with Crippen LogP contribution in [0, 0.1) is 6.92 Å². The molecule has 0 atom stereocenters. The molecular weight excluding hydrogens is 304 g/mol. The van der Waals surface area contributed by atoms with Gasteiger partial charge in [0.05, 0.1) is 18.5 Å². The topological polar surface area (TPSA) is 71.7 Å². The van der Waals surface area contributed by atoms with Crippen LogP contribution in [-0.4, -0.2) is 30.6 Å². The summed E-state index contributed by atoms with van der Waals surface area (Å²) in [5, 5.41) is 6.55. The van der Waals surface area contributed by atoms with Crippen LogP contribution in [0.4, 0.5) is 0 Å². The van der Waals surface area contributed by atoms with Crippen molar-refractivity contribution >= 4 is 5.96 Å². The number of pyridine rings is 1. The summed E-state index contributed by atoms with van der Waals surface area (Å²) in [4.78, 5) is 8.94. The number of rotatable bonds is 9. The summed E-state index contributed by atoms with van der Waals surface area (Å²) in [5.74, 6) is 1.65. The molecule has 0 bridgehead atoms. The fourth-order valence-electron chi connectivity index (χ4n) is 2.13. The number of furan rings is 1. The molecule has 2 aromatic heterocycles. The molecule has 0 saturated carbocycles. The number of nitrogens with zero attached hydrogens (tertiary/aromatic N) is 2. The summed E-state index contributed by atoms with van der Waals surface area (Å²) in [5.41, 5.74) is 2.15. The van der Waals surface area contributed by atoms with Crippen molar-refractivity contribution in [2.24, 2.45) is 4.99 Å². The Hall–Kier alpha value is -2.34. The quantitative estimate of drug-likeness (QED) is 0.420. The summed E-state index contributed by atoms with van der Waals surface area (Å²) in [7, 11) is 0. The van der Waals surface area contributed by atoms with Gasteiger partial charge in [-0.15, -0.1) is 0 Å². The molecule has 0 aliphatic heterocycles. The fourth-order valence-corrected chi connectivity index (χ4v) is 2.13. The number of aliphatic imine (C=N–C) groups is 1. The molecule has 0 aliphatic rings. The molecule has 0 aliphatic carbocycles. The van der Waals surface area contributed by atoms with E-state index in [1.54, 1.807) is 12.5 Å². The van der Waals surface area contributed by atoms with E-state index in [2.05, 4.69) is 40.5 Å². The molecule has 2 aromatic rings. The Morgan fingerprint density at radius 2 is 2.21 bits per heavy atom. The summed E-state index contributed by atoms with van der Waals surface area (Å²) < 4.78 is 10.8. The largest absolute Gasteiger partial charge is 0.467 e. The van der Waals surface area contributed by atoms with Gasteiger partial charge in [-0.1, -0.05) is 6.07 Å². The van der Waals surface area contributed by atoms with Gasteiger partial charge < -0.3 is 19.8 Å². The molecule has 130 valence electrons. The summed E-state index contributed by atoms with van der Waals surface area (Å²) >= 11 is 0. The van der Waals surface area contributed by atoms with E-state index >= 15 is 0 Å². The zero-order chi connectivity index (χ0) is 17.0. The molecule has 0 radical (unpaired) electrons. The number of aromatic nitrogens is 1. The van der Waals surface area contributed by atoms with E-state index in [4.69, 9.17) is 9.15 Å². The van der Waals surface area contributed by atoms with Gasteiger partial charge in [0.25, 0.3) is 0 Å². The maximum Gasteiger partial charge on any atom is 0.191 e. The lowest BCUT2D eigenvalue weighted by molar-refractivity contribution is 0.105. The second-order valence-electron chi connectivity index (χ2n) is 5.37. The molecule has 2 heterocycles. The average molecular weight is 330 g/mol. The molecule has 0 unspecified atom stereocenters. The van der Waals surface area contributed by atoms with Crippen LogP contribution in [0.2, 0.25) is 0 Å². The Kier molecular flexibility index (Phi) is 7.83. The first-order chi connectivity index (χ1) is 11.8. The highest BCUT2D eigenvalue weighted by molar-refractivity contribution is 5.79. The smallest absolute Gasteiger partial charge is 0.191 e. The number of aryl methyl sites for hydroxylation is 1. The molecular formula is C18H26N4O2. The molecule has 0 fully saturated rings. The van der Waals surface area contributed by atoms with Crippen molar-refractivity contribution in [3.8, 4) is 0 Å². The van der Waals surface area contributed by atoms with E-state index in [-0.39, 0.29) is 0 Å². The van der Waals surface area contributed by atoms with Crippen molar-refractivity contribution in [2.75, 3.05) is 19.7 Å². The number of hydrogen-bond donors (Lipinski definition) is 2. The lowest BCUT2D eigenvalue weighted by atomic mass is 10.2. The van der Waals surface area contributed by atoms with E-state index in [0.29, 0.717) is 19.8 Å². The second-order valence-corrected chi connectivity index (χ2v) is 5.37. The van der Waals surface area contributed by atoms with Crippen molar-refractivity contribution < 1.29 is 9.15 Å². The molecule has 24 heavy (non-hydrogen) atoms. The number of guanidine groups is 1. The van der Waals surface area contributed by atoms with Gasteiger partial charge in [0.1, 0.15) is 12.4 Å². The van der Waals surface area contributed by atoms with Crippen LogP contribution in [0.1, 0.15) is 30.4 Å². The van der Waals surface area contributed by atoms with Crippen LogP contribution in [-0.2, 0) is 17.9 Å². The molecule has 6 nitrogen and oxygen atoms in total. The molecule has 0 saturated heterocycles. The Morgan fingerprint density at radius 3 is 2.96 bits per heavy atom. The van der Waals surface area contributed by atoms with Crippen LogP contribution >= 0.6 is 0 Å². The SMILES string of the molecule is CCNC(=NCc1ncccc1C)NCCCOCc1ccco1. The standard InChI is InChI=1S/C18H26N4O2/c1-3-19-18(22-13-17-15(2)7-4-9-20-17)21-10-6-11-23-14-16-8-5-12-24-16/h4-5,7-9,12H,3,6,10-11,13-14H2,1-2H3,(H2,19,21,22). The monoisotopic (exact) mass is 330 g/mol. The average Bonchev–Trinajstić information content (AvgIpc) is 3.10. The highest BCUT2D eigenvalue weighted by atomic mass is 16.5. The molecule has 6 heteroatoms. The van der Waals surface area contributed by atoms with Gasteiger partial charge in [0.2, 0.25) is 0 Å². The number of hydrogen-bond acceptors (Lipinski definition) is 4. The third kappa shape index (κ3) is 6.42. The first kappa shape index (κ1) is 18.0. The zero-order valence-corrected chi connectivity index (χ0v) is 14.4. The number of ether oxygens (including phenoxy) is 1. The highest BCUT2D eigenvalue weighted by Crippen LogP contribution is 2.04. The minimum absolute atomic E-state index is 0.514. The minimum atomic E-state index is 0.514. The van der Waals surface area contributed by atoms with Crippen molar-refractivity contribution in [3.63, 3.8) is 0 Å². The van der Waals surface area contributed by atoms with E-state index in [1.807, 2.05) is 18.2 Å². The van der Waals surface area contributed by atoms with Gasteiger partial charge in [-0.3, -0.25) is 4.98 Å². The van der Waals surface area contributed by atoms with Crippen molar-refractivity contribution in [2.45, 2.75) is 33.4 Å². The molecule has 0 spiro atoms. The zero-order valence-electron chi connectivity index (χ0n) is 14.4. The Morgan fingerprint density at radius 1 is 1.29 bits per heavy atom. The van der Waals surface area contributed by atoms with Crippen LogP contribution < -0.4 is 10.6 Å². The third-order valence-corrected chi connectivity index (χ3v) is 3.43. The molecule has 0 aromatic carbocycles. The van der Waals surface area contributed by atoms with E-state index in [1.165, 1.54) is 0 Å². The van der Waals surface area contributed by atoms with E-state index in [9.17, 15) is 0 Å². The van der Waals surface area contributed by atoms with Crippen LogP contribution in [0.5, 0.6) is 0 Å². The van der Waals surface area contributed by atoms with E-state index in [0.717, 1.165) is 42.5 Å². The van der Waals surface area contributed by atoms with Crippen LogP contribution in [0.15, 0.2) is 46.1 Å². The maximum absolute atomic E-state index is 5.56. The summed E-state index contributed by atoms with van der Waals surface area (Å²) in [6.07, 6.45) is 4.35. The van der Waals surface area contributed by atoms with Gasteiger partial charge in [0.15, 0.2) is 5.96 Å². The van der Waals surface area contributed by atoms with Gasteiger partial charge in [-0.05, 0) is 44.0 Å². The summed E-state index contributed by atoms with van der Waals surface area (Å²) in [6.45, 7) is 7.47. The van der Waals surface area contributed by atoms with Crippen LogP contribution in [0.25, 0.3) is 0 Å². The lowest BCUT2D eigenvalue weighted by Crippen LogP contribution is -2.38. The Bertz CT molecular complexity index is 611. The lowest BCUT2D eigenvalue weighted by Gasteiger charge is -2.11. The maximum atomic E-state index is 5.56.